The van der Waals surface area contributed by atoms with Gasteiger partial charge < -0.3 is 15.4 Å². The van der Waals surface area contributed by atoms with Gasteiger partial charge >= 0.3 is 0 Å². The van der Waals surface area contributed by atoms with Gasteiger partial charge in [-0.1, -0.05) is 6.07 Å². The fourth-order valence-corrected chi connectivity index (χ4v) is 3.37. The number of ether oxygens (including phenoxy) is 1. The quantitative estimate of drug-likeness (QED) is 0.834. The molecule has 0 radical (unpaired) electrons. The minimum absolute atomic E-state index is 0.117. The van der Waals surface area contributed by atoms with E-state index in [0.717, 1.165) is 8.66 Å². The Morgan fingerprint density at radius 2 is 2.09 bits per heavy atom. The van der Waals surface area contributed by atoms with E-state index in [0.29, 0.717) is 17.9 Å². The minimum Gasteiger partial charge on any atom is -0.484 e. The molecule has 0 aliphatic heterocycles. The van der Waals surface area contributed by atoms with Gasteiger partial charge in [-0.3, -0.25) is 9.59 Å². The van der Waals surface area contributed by atoms with Gasteiger partial charge in [0.1, 0.15) is 5.75 Å². The predicted molar refractivity (Wildman–Crippen MR) is 88.9 cm³/mol. The van der Waals surface area contributed by atoms with Crippen molar-refractivity contribution in [2.24, 2.45) is 5.73 Å². The van der Waals surface area contributed by atoms with Crippen molar-refractivity contribution in [2.45, 2.75) is 6.54 Å². The molecule has 0 atom stereocenters. The summed E-state index contributed by atoms with van der Waals surface area (Å²) in [7, 11) is 1.74. The number of amides is 2. The molecule has 0 unspecified atom stereocenters. The highest BCUT2D eigenvalue weighted by molar-refractivity contribution is 9.11. The van der Waals surface area contributed by atoms with Gasteiger partial charge in [0.25, 0.3) is 11.8 Å². The summed E-state index contributed by atoms with van der Waals surface area (Å²) < 4.78 is 6.24. The molecule has 22 heavy (non-hydrogen) atoms. The van der Waals surface area contributed by atoms with Crippen LogP contribution in [0.2, 0.25) is 0 Å². The molecule has 7 heteroatoms. The first-order chi connectivity index (χ1) is 10.5. The highest BCUT2D eigenvalue weighted by atomic mass is 79.9. The van der Waals surface area contributed by atoms with E-state index < -0.39 is 5.91 Å². The average molecular weight is 383 g/mol. The highest BCUT2D eigenvalue weighted by Gasteiger charge is 2.14. The van der Waals surface area contributed by atoms with Crippen LogP contribution in [0.5, 0.6) is 5.75 Å². The van der Waals surface area contributed by atoms with Crippen LogP contribution in [0.15, 0.2) is 40.2 Å². The Kier molecular flexibility index (Phi) is 5.57. The van der Waals surface area contributed by atoms with Crippen LogP contribution in [0, 0.1) is 0 Å². The molecule has 2 N–H and O–H groups in total. The van der Waals surface area contributed by atoms with Gasteiger partial charge in [-0.15, -0.1) is 11.3 Å². The molecule has 0 aliphatic carbocycles. The summed E-state index contributed by atoms with van der Waals surface area (Å²) >= 11 is 4.99. The van der Waals surface area contributed by atoms with Gasteiger partial charge in [0.15, 0.2) is 6.61 Å². The van der Waals surface area contributed by atoms with E-state index in [1.807, 2.05) is 12.1 Å². The maximum atomic E-state index is 12.4. The number of nitrogens with two attached hydrogens (primary N) is 1. The molecule has 5 nitrogen and oxygen atoms in total. The second-order valence-electron chi connectivity index (χ2n) is 4.65. The van der Waals surface area contributed by atoms with E-state index in [4.69, 9.17) is 10.5 Å². The third-order valence-electron chi connectivity index (χ3n) is 2.83. The zero-order chi connectivity index (χ0) is 16.1. The summed E-state index contributed by atoms with van der Waals surface area (Å²) in [5, 5.41) is 0. The van der Waals surface area contributed by atoms with Crippen LogP contribution in [0.3, 0.4) is 0 Å². The van der Waals surface area contributed by atoms with Crippen LogP contribution >= 0.6 is 27.3 Å². The Hall–Kier alpha value is -1.86. The first-order valence-corrected chi connectivity index (χ1v) is 8.07. The van der Waals surface area contributed by atoms with Crippen molar-refractivity contribution in [2.75, 3.05) is 13.7 Å². The lowest BCUT2D eigenvalue weighted by atomic mass is 10.2. The SMILES string of the molecule is CN(Cc1ccc(Br)s1)C(=O)c1cccc(OCC(N)=O)c1. The summed E-state index contributed by atoms with van der Waals surface area (Å²) in [4.78, 5) is 25.9. The molecule has 2 aromatic rings. The van der Waals surface area contributed by atoms with E-state index in [9.17, 15) is 9.59 Å². The van der Waals surface area contributed by atoms with Crippen LogP contribution in [-0.4, -0.2) is 30.4 Å². The van der Waals surface area contributed by atoms with Crippen LogP contribution in [-0.2, 0) is 11.3 Å². The largest absolute Gasteiger partial charge is 0.484 e. The van der Waals surface area contributed by atoms with Crippen molar-refractivity contribution in [3.8, 4) is 5.75 Å². The summed E-state index contributed by atoms with van der Waals surface area (Å²) in [5.74, 6) is -0.233. The van der Waals surface area contributed by atoms with Crippen LogP contribution in [0.1, 0.15) is 15.2 Å². The number of carbonyl (C=O) groups excluding carboxylic acids is 2. The van der Waals surface area contributed by atoms with E-state index in [1.165, 1.54) is 0 Å². The van der Waals surface area contributed by atoms with Crippen LogP contribution in [0.25, 0.3) is 0 Å². The average Bonchev–Trinajstić information content (AvgIpc) is 2.89. The molecule has 1 aromatic carbocycles. The Balaban J connectivity index is 2.04. The fourth-order valence-electron chi connectivity index (χ4n) is 1.84. The Morgan fingerprint density at radius 1 is 1.32 bits per heavy atom. The van der Waals surface area contributed by atoms with Gasteiger partial charge in [-0.25, -0.2) is 0 Å². The third kappa shape index (κ3) is 4.57. The molecule has 0 saturated carbocycles. The van der Waals surface area contributed by atoms with Gasteiger partial charge in [-0.2, -0.15) is 0 Å². The summed E-state index contributed by atoms with van der Waals surface area (Å²) in [6.45, 7) is 0.318. The lowest BCUT2D eigenvalue weighted by molar-refractivity contribution is -0.119. The molecule has 2 rings (SSSR count). The molecule has 1 heterocycles. The van der Waals surface area contributed by atoms with Crippen LogP contribution < -0.4 is 10.5 Å². The predicted octanol–water partition coefficient (Wildman–Crippen LogP) is 2.65. The molecule has 1 aromatic heterocycles. The molecular weight excluding hydrogens is 368 g/mol. The number of hydrogen-bond acceptors (Lipinski definition) is 4. The second kappa shape index (κ2) is 7.42. The van der Waals surface area contributed by atoms with Crippen molar-refractivity contribution in [3.63, 3.8) is 0 Å². The zero-order valence-corrected chi connectivity index (χ0v) is 14.3. The van der Waals surface area contributed by atoms with Crippen LogP contribution in [0.4, 0.5) is 0 Å². The third-order valence-corrected chi connectivity index (χ3v) is 4.44. The number of nitrogens with zero attached hydrogens (tertiary/aromatic N) is 1. The van der Waals surface area contributed by atoms with Crippen molar-refractivity contribution in [3.05, 3.63) is 50.6 Å². The Bertz CT molecular complexity index is 687. The summed E-state index contributed by atoms with van der Waals surface area (Å²) in [5.41, 5.74) is 5.53. The number of hydrogen-bond donors (Lipinski definition) is 1. The van der Waals surface area contributed by atoms with Crippen molar-refractivity contribution in [1.82, 2.24) is 4.90 Å². The minimum atomic E-state index is -0.558. The Morgan fingerprint density at radius 3 is 2.73 bits per heavy atom. The normalized spacial score (nSPS) is 10.3. The molecule has 0 fully saturated rings. The smallest absolute Gasteiger partial charge is 0.255 e. The first kappa shape index (κ1) is 16.5. The lowest BCUT2D eigenvalue weighted by Gasteiger charge is -2.16. The lowest BCUT2D eigenvalue weighted by Crippen LogP contribution is -2.26. The highest BCUT2D eigenvalue weighted by Crippen LogP contribution is 2.23. The van der Waals surface area contributed by atoms with Crippen molar-refractivity contribution < 1.29 is 14.3 Å². The standard InChI is InChI=1S/C15H15BrN2O3S/c1-18(8-12-5-6-13(16)22-12)15(20)10-3-2-4-11(7-10)21-9-14(17)19/h2-7H,8-9H2,1H3,(H2,17,19). The number of benzene rings is 1. The topological polar surface area (TPSA) is 72.6 Å². The van der Waals surface area contributed by atoms with Gasteiger partial charge in [0.05, 0.1) is 10.3 Å². The maximum absolute atomic E-state index is 12.4. The van der Waals surface area contributed by atoms with Crippen molar-refractivity contribution in [1.29, 1.82) is 0 Å². The molecule has 0 bridgehead atoms. The number of halogens is 1. The van der Waals surface area contributed by atoms with E-state index in [-0.39, 0.29) is 12.5 Å². The summed E-state index contributed by atoms with van der Waals surface area (Å²) in [6, 6.07) is 10.6. The number of primary amides is 1. The summed E-state index contributed by atoms with van der Waals surface area (Å²) in [6.07, 6.45) is 0. The van der Waals surface area contributed by atoms with E-state index in [1.54, 1.807) is 47.5 Å². The second-order valence-corrected chi connectivity index (χ2v) is 7.20. The van der Waals surface area contributed by atoms with Gasteiger partial charge in [0.2, 0.25) is 0 Å². The fraction of sp³-hybridized carbons (Fsp3) is 0.200. The Labute approximate surface area is 140 Å². The monoisotopic (exact) mass is 382 g/mol. The zero-order valence-electron chi connectivity index (χ0n) is 11.9. The molecular formula is C15H15BrN2O3S. The molecule has 0 saturated heterocycles. The molecule has 0 aliphatic rings. The molecule has 2 amide bonds. The first-order valence-electron chi connectivity index (χ1n) is 6.46. The van der Waals surface area contributed by atoms with E-state index >= 15 is 0 Å². The maximum Gasteiger partial charge on any atom is 0.255 e. The van der Waals surface area contributed by atoms with Crippen molar-refractivity contribution >= 4 is 39.1 Å². The number of rotatable bonds is 6. The molecule has 0 spiro atoms. The molecule has 116 valence electrons. The number of thiophene rings is 1. The van der Waals surface area contributed by atoms with Gasteiger partial charge in [0, 0.05) is 17.5 Å². The van der Waals surface area contributed by atoms with E-state index in [2.05, 4.69) is 15.9 Å². The number of carbonyl (C=O) groups is 2. The van der Waals surface area contributed by atoms with Gasteiger partial charge in [-0.05, 0) is 46.3 Å².